The summed E-state index contributed by atoms with van der Waals surface area (Å²) in [5.41, 5.74) is 0. The number of nitrogens with one attached hydrogen (secondary N) is 1. The molecule has 0 saturated carbocycles. The fourth-order valence-corrected chi connectivity index (χ4v) is 2.52. The van der Waals surface area contributed by atoms with E-state index in [9.17, 15) is 0 Å². The lowest BCUT2D eigenvalue weighted by Gasteiger charge is -2.36. The molecule has 1 fully saturated rings. The second-order valence-corrected chi connectivity index (χ2v) is 5.00. The van der Waals surface area contributed by atoms with Crippen molar-refractivity contribution >= 4 is 0 Å². The molecule has 1 aromatic rings. The number of aromatic nitrogens is 4. The summed E-state index contributed by atoms with van der Waals surface area (Å²) >= 11 is 0. The Morgan fingerprint density at radius 1 is 1.53 bits per heavy atom. The van der Waals surface area contributed by atoms with E-state index in [-0.39, 0.29) is 12.1 Å². The van der Waals surface area contributed by atoms with Crippen molar-refractivity contribution in [2.45, 2.75) is 31.9 Å². The smallest absolute Gasteiger partial charge is 0.176 e. The molecule has 1 aliphatic heterocycles. The molecule has 2 rings (SSSR count). The lowest BCUT2D eigenvalue weighted by molar-refractivity contribution is -0.0453. The monoisotopic (exact) mass is 268 g/mol. The van der Waals surface area contributed by atoms with E-state index in [2.05, 4.69) is 32.6 Å². The van der Waals surface area contributed by atoms with Crippen LogP contribution in [0.5, 0.6) is 0 Å². The van der Waals surface area contributed by atoms with E-state index in [0.29, 0.717) is 0 Å². The van der Waals surface area contributed by atoms with Crippen molar-refractivity contribution in [2.75, 3.05) is 33.3 Å². The van der Waals surface area contributed by atoms with Gasteiger partial charge in [-0.05, 0) is 25.2 Å². The first-order valence-electron chi connectivity index (χ1n) is 6.97. The van der Waals surface area contributed by atoms with Crippen LogP contribution in [0.2, 0.25) is 0 Å². The fourth-order valence-electron chi connectivity index (χ4n) is 2.52. The number of hydrogen-bond donors (Lipinski definition) is 1. The molecule has 2 unspecified atom stereocenters. The van der Waals surface area contributed by atoms with E-state index in [0.717, 1.165) is 38.5 Å². The average Bonchev–Trinajstić information content (AvgIpc) is 2.82. The lowest BCUT2D eigenvalue weighted by Crippen LogP contribution is -2.52. The second kappa shape index (κ2) is 6.93. The lowest BCUT2D eigenvalue weighted by atomic mass is 10.1. The molecule has 7 heteroatoms. The van der Waals surface area contributed by atoms with Crippen LogP contribution in [0.25, 0.3) is 0 Å². The highest BCUT2D eigenvalue weighted by atomic mass is 16.5. The van der Waals surface area contributed by atoms with Gasteiger partial charge < -0.3 is 10.1 Å². The number of aryl methyl sites for hydroxylation is 1. The minimum absolute atomic E-state index is 0.189. The first-order valence-corrected chi connectivity index (χ1v) is 6.97. The molecule has 108 valence electrons. The second-order valence-electron chi connectivity index (χ2n) is 5.00. The van der Waals surface area contributed by atoms with Gasteiger partial charge in [0.05, 0.1) is 19.8 Å². The first-order chi connectivity index (χ1) is 9.22. The van der Waals surface area contributed by atoms with E-state index >= 15 is 0 Å². The summed E-state index contributed by atoms with van der Waals surface area (Å²) in [6, 6.07) is 0.226. The molecule has 2 heterocycles. The van der Waals surface area contributed by atoms with Gasteiger partial charge in [0.15, 0.2) is 5.82 Å². The van der Waals surface area contributed by atoms with Gasteiger partial charge in [-0.3, -0.25) is 4.90 Å². The zero-order valence-electron chi connectivity index (χ0n) is 12.0. The fraction of sp³-hybridized carbons (Fsp3) is 0.917. The van der Waals surface area contributed by atoms with Crippen LogP contribution in [0, 0.1) is 0 Å². The summed E-state index contributed by atoms with van der Waals surface area (Å²) in [5, 5.41) is 15.5. The number of morpholine rings is 1. The molecule has 0 spiro atoms. The molecule has 19 heavy (non-hydrogen) atoms. The SMILES string of the molecule is CCCN1CCOC(C(Cc2nnn(C)n2)NC)C1. The summed E-state index contributed by atoms with van der Waals surface area (Å²) in [4.78, 5) is 3.95. The number of rotatable bonds is 6. The molecule has 1 N–H and O–H groups in total. The van der Waals surface area contributed by atoms with Crippen molar-refractivity contribution in [2.24, 2.45) is 7.05 Å². The zero-order valence-corrected chi connectivity index (χ0v) is 12.0. The van der Waals surface area contributed by atoms with Crippen molar-refractivity contribution < 1.29 is 4.74 Å². The van der Waals surface area contributed by atoms with Gasteiger partial charge in [0.1, 0.15) is 0 Å². The van der Waals surface area contributed by atoms with Crippen molar-refractivity contribution in [3.63, 3.8) is 0 Å². The molecule has 2 atom stereocenters. The highest BCUT2D eigenvalue weighted by Gasteiger charge is 2.28. The normalized spacial score (nSPS) is 22.6. The van der Waals surface area contributed by atoms with E-state index in [1.165, 1.54) is 11.2 Å². The van der Waals surface area contributed by atoms with E-state index < -0.39 is 0 Å². The van der Waals surface area contributed by atoms with E-state index in [1.54, 1.807) is 7.05 Å². The quantitative estimate of drug-likeness (QED) is 0.747. The molecule has 1 aliphatic rings. The Balaban J connectivity index is 1.92. The molecular formula is C12H24N6O. The predicted molar refractivity (Wildman–Crippen MR) is 71.8 cm³/mol. The van der Waals surface area contributed by atoms with E-state index in [4.69, 9.17) is 4.74 Å². The number of hydrogen-bond acceptors (Lipinski definition) is 6. The molecule has 0 bridgehead atoms. The van der Waals surface area contributed by atoms with Gasteiger partial charge in [0, 0.05) is 25.6 Å². The van der Waals surface area contributed by atoms with Crippen LogP contribution < -0.4 is 5.32 Å². The molecule has 0 aliphatic carbocycles. The number of ether oxygens (including phenoxy) is 1. The van der Waals surface area contributed by atoms with Crippen LogP contribution >= 0.6 is 0 Å². The summed E-state index contributed by atoms with van der Waals surface area (Å²) in [6.45, 7) is 6.16. The standard InChI is InChI=1S/C12H24N6O/c1-4-5-18-6-7-19-11(9-18)10(13-2)8-12-14-16-17(3)15-12/h10-11,13H,4-9H2,1-3H3. The van der Waals surface area contributed by atoms with E-state index in [1.807, 2.05) is 7.05 Å². The molecular weight excluding hydrogens is 244 g/mol. The van der Waals surface area contributed by atoms with Crippen molar-refractivity contribution in [1.29, 1.82) is 0 Å². The highest BCUT2D eigenvalue weighted by Crippen LogP contribution is 2.12. The third-order valence-electron chi connectivity index (χ3n) is 3.49. The van der Waals surface area contributed by atoms with Gasteiger partial charge >= 0.3 is 0 Å². The van der Waals surface area contributed by atoms with Crippen LogP contribution in [0.1, 0.15) is 19.2 Å². The summed E-state index contributed by atoms with van der Waals surface area (Å²) in [6.07, 6.45) is 2.12. The maximum Gasteiger partial charge on any atom is 0.176 e. The van der Waals surface area contributed by atoms with Crippen molar-refractivity contribution in [3.05, 3.63) is 5.82 Å². The maximum absolute atomic E-state index is 5.90. The largest absolute Gasteiger partial charge is 0.374 e. The number of nitrogens with zero attached hydrogens (tertiary/aromatic N) is 5. The zero-order chi connectivity index (χ0) is 13.7. The third kappa shape index (κ3) is 3.95. The molecule has 0 amide bonds. The van der Waals surface area contributed by atoms with Crippen molar-refractivity contribution in [1.82, 2.24) is 30.4 Å². The first kappa shape index (κ1) is 14.4. The Labute approximate surface area is 114 Å². The molecule has 0 aromatic carbocycles. The minimum Gasteiger partial charge on any atom is -0.374 e. The van der Waals surface area contributed by atoms with Gasteiger partial charge in [-0.2, -0.15) is 4.80 Å². The minimum atomic E-state index is 0.189. The Kier molecular flexibility index (Phi) is 5.24. The van der Waals surface area contributed by atoms with Gasteiger partial charge in [0.25, 0.3) is 0 Å². The Bertz CT molecular complexity index is 380. The van der Waals surface area contributed by atoms with Crippen LogP contribution in [-0.4, -0.2) is 70.5 Å². The summed E-state index contributed by atoms with van der Waals surface area (Å²) in [5.74, 6) is 0.762. The van der Waals surface area contributed by atoms with Gasteiger partial charge in [0.2, 0.25) is 0 Å². The highest BCUT2D eigenvalue weighted by molar-refractivity contribution is 4.90. The molecule has 7 nitrogen and oxygen atoms in total. The molecule has 0 radical (unpaired) electrons. The maximum atomic E-state index is 5.90. The van der Waals surface area contributed by atoms with Gasteiger partial charge in [-0.1, -0.05) is 6.92 Å². The Hall–Kier alpha value is -1.05. The average molecular weight is 268 g/mol. The topological polar surface area (TPSA) is 68.1 Å². The van der Waals surface area contributed by atoms with Crippen LogP contribution in [0.15, 0.2) is 0 Å². The molecule has 1 saturated heterocycles. The number of tetrazole rings is 1. The third-order valence-corrected chi connectivity index (χ3v) is 3.49. The Morgan fingerprint density at radius 3 is 3.00 bits per heavy atom. The van der Waals surface area contributed by atoms with Crippen LogP contribution in [-0.2, 0) is 18.2 Å². The predicted octanol–water partition coefficient (Wildman–Crippen LogP) is -0.549. The Morgan fingerprint density at radius 2 is 2.37 bits per heavy atom. The van der Waals surface area contributed by atoms with Crippen LogP contribution in [0.4, 0.5) is 0 Å². The summed E-state index contributed by atoms with van der Waals surface area (Å²) in [7, 11) is 3.74. The van der Waals surface area contributed by atoms with Gasteiger partial charge in [-0.25, -0.2) is 0 Å². The van der Waals surface area contributed by atoms with Crippen molar-refractivity contribution in [3.8, 4) is 0 Å². The summed E-state index contributed by atoms with van der Waals surface area (Å²) < 4.78 is 5.90. The number of likely N-dealkylation sites (N-methyl/N-ethyl adjacent to an activating group) is 1. The van der Waals surface area contributed by atoms with Crippen LogP contribution in [0.3, 0.4) is 0 Å². The van der Waals surface area contributed by atoms with Gasteiger partial charge in [-0.15, -0.1) is 10.2 Å². The molecule has 1 aromatic heterocycles.